The number of hydrogen-bond donors (Lipinski definition) is 1. The first kappa shape index (κ1) is 14.3. The van der Waals surface area contributed by atoms with Gasteiger partial charge in [-0.1, -0.05) is 19.3 Å². The van der Waals surface area contributed by atoms with Gasteiger partial charge >= 0.3 is 0 Å². The first-order valence-electron chi connectivity index (χ1n) is 7.63. The lowest BCUT2D eigenvalue weighted by Gasteiger charge is -2.35. The summed E-state index contributed by atoms with van der Waals surface area (Å²) in [5, 5.41) is 3.23. The summed E-state index contributed by atoms with van der Waals surface area (Å²) in [5.74, 6) is 1.17. The Morgan fingerprint density at radius 1 is 1.26 bits per heavy atom. The molecule has 1 N–H and O–H groups in total. The molecule has 1 saturated carbocycles. The molecule has 2 rings (SSSR count). The van der Waals surface area contributed by atoms with Crippen LogP contribution in [0.3, 0.4) is 0 Å². The summed E-state index contributed by atoms with van der Waals surface area (Å²) < 4.78 is 0. The second-order valence-corrected chi connectivity index (χ2v) is 5.58. The summed E-state index contributed by atoms with van der Waals surface area (Å²) in [6.07, 6.45) is 6.79. The number of pyridine rings is 1. The van der Waals surface area contributed by atoms with Gasteiger partial charge in [0.1, 0.15) is 5.82 Å². The molecule has 0 saturated heterocycles. The summed E-state index contributed by atoms with van der Waals surface area (Å²) in [7, 11) is 1.99. The summed E-state index contributed by atoms with van der Waals surface area (Å²) in [6, 6.07) is 5.12. The van der Waals surface area contributed by atoms with Crippen LogP contribution in [0.1, 0.15) is 50.3 Å². The van der Waals surface area contributed by atoms with Gasteiger partial charge in [0.25, 0.3) is 0 Å². The molecule has 0 aromatic carbocycles. The van der Waals surface area contributed by atoms with E-state index in [-0.39, 0.29) is 0 Å². The quantitative estimate of drug-likeness (QED) is 0.881. The normalized spacial score (nSPS) is 16.6. The minimum atomic E-state index is 0.690. The van der Waals surface area contributed by atoms with E-state index < -0.39 is 0 Å². The molecule has 1 aliphatic carbocycles. The fourth-order valence-electron chi connectivity index (χ4n) is 3.17. The third-order valence-electron chi connectivity index (χ3n) is 4.03. The zero-order valence-corrected chi connectivity index (χ0v) is 12.6. The van der Waals surface area contributed by atoms with Crippen LogP contribution >= 0.6 is 0 Å². The van der Waals surface area contributed by atoms with Gasteiger partial charge in [0.2, 0.25) is 0 Å². The molecule has 1 aromatic heterocycles. The number of aromatic nitrogens is 1. The molecular formula is C16H27N3. The van der Waals surface area contributed by atoms with Crippen LogP contribution in [0.5, 0.6) is 0 Å². The van der Waals surface area contributed by atoms with E-state index >= 15 is 0 Å². The van der Waals surface area contributed by atoms with Gasteiger partial charge in [0.05, 0.1) is 0 Å². The molecule has 1 aromatic rings. The van der Waals surface area contributed by atoms with E-state index in [9.17, 15) is 0 Å². The number of aryl methyl sites for hydroxylation is 1. The van der Waals surface area contributed by atoms with Crippen LogP contribution < -0.4 is 10.2 Å². The third-order valence-corrected chi connectivity index (χ3v) is 4.03. The molecule has 3 heteroatoms. The van der Waals surface area contributed by atoms with Crippen molar-refractivity contribution >= 4 is 5.82 Å². The zero-order valence-electron chi connectivity index (χ0n) is 12.6. The van der Waals surface area contributed by atoms with Crippen LogP contribution in [-0.4, -0.2) is 24.6 Å². The Morgan fingerprint density at radius 2 is 2.00 bits per heavy atom. The molecule has 0 radical (unpaired) electrons. The van der Waals surface area contributed by atoms with E-state index in [1.807, 2.05) is 7.05 Å². The molecule has 0 bridgehead atoms. The van der Waals surface area contributed by atoms with E-state index in [0.717, 1.165) is 18.8 Å². The lowest BCUT2D eigenvalue weighted by molar-refractivity contribution is 0.416. The van der Waals surface area contributed by atoms with Crippen LogP contribution in [0.2, 0.25) is 0 Å². The lowest BCUT2D eigenvalue weighted by Crippen LogP contribution is -2.37. The van der Waals surface area contributed by atoms with E-state index in [2.05, 4.69) is 36.2 Å². The smallest absolute Gasteiger partial charge is 0.129 e. The predicted octanol–water partition coefficient (Wildman–Crippen LogP) is 3.27. The summed E-state index contributed by atoms with van der Waals surface area (Å²) in [5.41, 5.74) is 2.45. The van der Waals surface area contributed by atoms with Gasteiger partial charge in [-0.2, -0.15) is 0 Å². The maximum atomic E-state index is 4.76. The number of rotatable bonds is 5. The number of nitrogens with one attached hydrogen (secondary N) is 1. The van der Waals surface area contributed by atoms with Crippen molar-refractivity contribution in [2.45, 2.75) is 58.5 Å². The minimum Gasteiger partial charge on any atom is -0.354 e. The molecule has 19 heavy (non-hydrogen) atoms. The molecule has 0 amide bonds. The second-order valence-electron chi connectivity index (χ2n) is 5.58. The number of nitrogens with zero attached hydrogens (tertiary/aromatic N) is 2. The fraction of sp³-hybridized carbons (Fsp3) is 0.688. The Bertz CT molecular complexity index is 397. The lowest BCUT2D eigenvalue weighted by atomic mass is 9.94. The van der Waals surface area contributed by atoms with Crippen LogP contribution in [0, 0.1) is 6.92 Å². The first-order chi connectivity index (χ1) is 9.24. The maximum Gasteiger partial charge on any atom is 0.129 e. The van der Waals surface area contributed by atoms with E-state index in [1.54, 1.807) is 0 Å². The number of anilines is 1. The molecule has 3 nitrogen and oxygen atoms in total. The monoisotopic (exact) mass is 261 g/mol. The Morgan fingerprint density at radius 3 is 2.63 bits per heavy atom. The van der Waals surface area contributed by atoms with Gasteiger partial charge in [-0.3, -0.25) is 0 Å². The van der Waals surface area contributed by atoms with Gasteiger partial charge in [0.15, 0.2) is 0 Å². The van der Waals surface area contributed by atoms with Crippen molar-refractivity contribution in [3.8, 4) is 0 Å². The minimum absolute atomic E-state index is 0.690. The highest BCUT2D eigenvalue weighted by Gasteiger charge is 2.21. The maximum absolute atomic E-state index is 4.76. The molecule has 1 aliphatic rings. The highest BCUT2D eigenvalue weighted by Crippen LogP contribution is 2.26. The van der Waals surface area contributed by atoms with Crippen molar-refractivity contribution in [1.29, 1.82) is 0 Å². The summed E-state index contributed by atoms with van der Waals surface area (Å²) >= 11 is 0. The first-order valence-corrected chi connectivity index (χ1v) is 7.63. The Hall–Kier alpha value is -1.09. The van der Waals surface area contributed by atoms with Crippen LogP contribution in [0.25, 0.3) is 0 Å². The van der Waals surface area contributed by atoms with E-state index in [0.29, 0.717) is 6.04 Å². The van der Waals surface area contributed by atoms with Crippen molar-refractivity contribution in [1.82, 2.24) is 10.3 Å². The van der Waals surface area contributed by atoms with Crippen molar-refractivity contribution < 1.29 is 0 Å². The fourth-order valence-corrected chi connectivity index (χ4v) is 3.17. The van der Waals surface area contributed by atoms with Gasteiger partial charge in [0, 0.05) is 24.8 Å². The molecule has 0 atom stereocenters. The third kappa shape index (κ3) is 3.69. The molecule has 106 valence electrons. The largest absolute Gasteiger partial charge is 0.354 e. The SMILES string of the molecule is CCN(c1cc(CNC)cc(C)n1)C1CCCCC1. The Kier molecular flexibility index (Phi) is 5.20. The highest BCUT2D eigenvalue weighted by atomic mass is 15.2. The van der Waals surface area contributed by atoms with Crippen molar-refractivity contribution in [3.05, 3.63) is 23.4 Å². The topological polar surface area (TPSA) is 28.2 Å². The van der Waals surface area contributed by atoms with Crippen LogP contribution in [0.4, 0.5) is 5.82 Å². The van der Waals surface area contributed by atoms with E-state index in [4.69, 9.17) is 4.98 Å². The van der Waals surface area contributed by atoms with E-state index in [1.165, 1.54) is 43.5 Å². The Labute approximate surface area is 117 Å². The summed E-state index contributed by atoms with van der Waals surface area (Å²) in [6.45, 7) is 6.31. The zero-order chi connectivity index (χ0) is 13.7. The molecule has 1 fully saturated rings. The van der Waals surface area contributed by atoms with Crippen molar-refractivity contribution in [2.75, 3.05) is 18.5 Å². The van der Waals surface area contributed by atoms with Gasteiger partial charge in [-0.25, -0.2) is 4.98 Å². The van der Waals surface area contributed by atoms with Crippen molar-refractivity contribution in [3.63, 3.8) is 0 Å². The van der Waals surface area contributed by atoms with Crippen molar-refractivity contribution in [2.24, 2.45) is 0 Å². The average Bonchev–Trinajstić information content (AvgIpc) is 2.40. The number of hydrogen-bond acceptors (Lipinski definition) is 3. The van der Waals surface area contributed by atoms with Gasteiger partial charge in [-0.05, 0) is 51.4 Å². The molecule has 0 aliphatic heterocycles. The molecular weight excluding hydrogens is 234 g/mol. The highest BCUT2D eigenvalue weighted by molar-refractivity contribution is 5.43. The average molecular weight is 261 g/mol. The molecule has 1 heterocycles. The summed E-state index contributed by atoms with van der Waals surface area (Å²) in [4.78, 5) is 7.27. The Balaban J connectivity index is 2.21. The predicted molar refractivity (Wildman–Crippen MR) is 81.6 cm³/mol. The van der Waals surface area contributed by atoms with Crippen LogP contribution in [-0.2, 0) is 6.54 Å². The standard InChI is InChI=1S/C16H27N3/c1-4-19(15-8-6-5-7-9-15)16-11-14(12-17-3)10-13(2)18-16/h10-11,15,17H,4-9,12H2,1-3H3. The second kappa shape index (κ2) is 6.90. The molecule has 0 unspecified atom stereocenters. The van der Waals surface area contributed by atoms with Crippen LogP contribution in [0.15, 0.2) is 12.1 Å². The molecule has 0 spiro atoms. The van der Waals surface area contributed by atoms with Gasteiger partial charge < -0.3 is 10.2 Å². The van der Waals surface area contributed by atoms with Gasteiger partial charge in [-0.15, -0.1) is 0 Å².